The Labute approximate surface area is 111 Å². The lowest BCUT2D eigenvalue weighted by Gasteiger charge is -2.00. The summed E-state index contributed by atoms with van der Waals surface area (Å²) in [6.07, 6.45) is 6.07. The first kappa shape index (κ1) is 11.1. The van der Waals surface area contributed by atoms with Gasteiger partial charge in [-0.15, -0.1) is 0 Å². The van der Waals surface area contributed by atoms with Gasteiger partial charge in [-0.3, -0.25) is 14.2 Å². The second-order valence-electron chi connectivity index (χ2n) is 3.78. The molecule has 0 amide bonds. The summed E-state index contributed by atoms with van der Waals surface area (Å²) in [4.78, 5) is 19.5. The molecule has 0 aromatic carbocycles. The van der Waals surface area contributed by atoms with E-state index in [1.165, 1.54) is 0 Å². The number of rotatable bonds is 2. The van der Waals surface area contributed by atoms with Gasteiger partial charge in [-0.25, -0.2) is 4.98 Å². The van der Waals surface area contributed by atoms with Crippen LogP contribution < -0.4 is 0 Å². The van der Waals surface area contributed by atoms with E-state index in [1.807, 2.05) is 34.9 Å². The Kier molecular flexibility index (Phi) is 2.68. The highest BCUT2D eigenvalue weighted by Gasteiger charge is 2.12. The number of pyridine rings is 2. The summed E-state index contributed by atoms with van der Waals surface area (Å²) in [5, 5.41) is 0. The van der Waals surface area contributed by atoms with Gasteiger partial charge in [0.25, 0.3) is 0 Å². The molecular weight excluding hydrogens is 294 g/mol. The Hall–Kier alpha value is -2.01. The van der Waals surface area contributed by atoms with Crippen molar-refractivity contribution in [2.45, 2.75) is 0 Å². The maximum absolute atomic E-state index is 11.1. The fourth-order valence-electron chi connectivity index (χ4n) is 1.87. The quantitative estimate of drug-likeness (QED) is 0.684. The van der Waals surface area contributed by atoms with Gasteiger partial charge in [-0.1, -0.05) is 15.9 Å². The van der Waals surface area contributed by atoms with Crippen LogP contribution >= 0.6 is 15.9 Å². The van der Waals surface area contributed by atoms with E-state index in [0.29, 0.717) is 11.5 Å². The lowest BCUT2D eigenvalue weighted by molar-refractivity contribution is 0.112. The number of imidazole rings is 1. The molecule has 3 aromatic rings. The number of hydrogen-bond donors (Lipinski definition) is 0. The van der Waals surface area contributed by atoms with Gasteiger partial charge in [0.05, 0.1) is 5.52 Å². The molecule has 0 unspecified atom stereocenters. The number of fused-ring (bicyclic) bond motifs is 1. The summed E-state index contributed by atoms with van der Waals surface area (Å²) in [5.74, 6) is 0.715. The average Bonchev–Trinajstić information content (AvgIpc) is 2.77. The standard InChI is InChI=1S/C13H8BrN3O/c14-10-3-5-17-12(6-10)11(8-18)16-13(17)9-2-1-4-15-7-9/h1-8H. The Morgan fingerprint density at radius 3 is 2.94 bits per heavy atom. The minimum atomic E-state index is 0.426. The fourth-order valence-corrected chi connectivity index (χ4v) is 2.20. The van der Waals surface area contributed by atoms with Crippen LogP contribution in [0.2, 0.25) is 0 Å². The highest BCUT2D eigenvalue weighted by molar-refractivity contribution is 9.10. The SMILES string of the molecule is O=Cc1nc(-c2cccnc2)n2ccc(Br)cc12. The summed E-state index contributed by atoms with van der Waals surface area (Å²) in [6, 6.07) is 7.54. The lowest BCUT2D eigenvalue weighted by Crippen LogP contribution is -1.89. The highest BCUT2D eigenvalue weighted by Crippen LogP contribution is 2.23. The first-order chi connectivity index (χ1) is 8.79. The first-order valence-corrected chi connectivity index (χ1v) is 6.12. The second kappa shape index (κ2) is 4.34. The Morgan fingerprint density at radius 1 is 1.33 bits per heavy atom. The third-order valence-corrected chi connectivity index (χ3v) is 3.16. The fraction of sp³-hybridized carbons (Fsp3) is 0. The number of hydrogen-bond acceptors (Lipinski definition) is 3. The van der Waals surface area contributed by atoms with Gasteiger partial charge in [0.15, 0.2) is 6.29 Å². The van der Waals surface area contributed by atoms with Gasteiger partial charge in [-0.2, -0.15) is 0 Å². The first-order valence-electron chi connectivity index (χ1n) is 5.33. The molecule has 0 radical (unpaired) electrons. The predicted molar refractivity (Wildman–Crippen MR) is 71.5 cm³/mol. The van der Waals surface area contributed by atoms with Crippen LogP contribution in [0.25, 0.3) is 16.9 Å². The molecule has 18 heavy (non-hydrogen) atoms. The smallest absolute Gasteiger partial charge is 0.170 e. The summed E-state index contributed by atoms with van der Waals surface area (Å²) in [6.45, 7) is 0. The van der Waals surface area contributed by atoms with Gasteiger partial charge < -0.3 is 0 Å². The molecule has 3 heterocycles. The Morgan fingerprint density at radius 2 is 2.22 bits per heavy atom. The average molecular weight is 302 g/mol. The van der Waals surface area contributed by atoms with Gasteiger partial charge in [0, 0.05) is 28.6 Å². The van der Waals surface area contributed by atoms with Crippen molar-refractivity contribution >= 4 is 27.7 Å². The van der Waals surface area contributed by atoms with E-state index in [0.717, 1.165) is 21.8 Å². The van der Waals surface area contributed by atoms with Crippen molar-refractivity contribution in [1.29, 1.82) is 0 Å². The molecule has 0 atom stereocenters. The second-order valence-corrected chi connectivity index (χ2v) is 4.70. The number of nitrogens with zero attached hydrogens (tertiary/aromatic N) is 3. The van der Waals surface area contributed by atoms with E-state index in [9.17, 15) is 4.79 Å². The summed E-state index contributed by atoms with van der Waals surface area (Å²) in [7, 11) is 0. The zero-order valence-electron chi connectivity index (χ0n) is 9.25. The van der Waals surface area contributed by atoms with Crippen molar-refractivity contribution in [3.8, 4) is 11.4 Å². The molecule has 4 nitrogen and oxygen atoms in total. The number of aromatic nitrogens is 3. The molecule has 0 aliphatic carbocycles. The molecule has 0 fully saturated rings. The Balaban J connectivity index is 2.34. The number of halogens is 1. The molecule has 0 saturated carbocycles. The number of carbonyl (C=O) groups excluding carboxylic acids is 1. The van der Waals surface area contributed by atoms with E-state index < -0.39 is 0 Å². The number of aldehydes is 1. The van der Waals surface area contributed by atoms with E-state index >= 15 is 0 Å². The molecule has 0 bridgehead atoms. The van der Waals surface area contributed by atoms with Crippen LogP contribution in [-0.2, 0) is 0 Å². The zero-order valence-corrected chi connectivity index (χ0v) is 10.8. The van der Waals surface area contributed by atoms with Crippen molar-refractivity contribution in [2.75, 3.05) is 0 Å². The van der Waals surface area contributed by atoms with Crippen LogP contribution in [-0.4, -0.2) is 20.7 Å². The van der Waals surface area contributed by atoms with Crippen LogP contribution in [0.3, 0.4) is 0 Å². The maximum Gasteiger partial charge on any atom is 0.170 e. The molecule has 3 rings (SSSR count). The minimum Gasteiger partial charge on any atom is -0.299 e. The van der Waals surface area contributed by atoms with Gasteiger partial charge in [0.2, 0.25) is 0 Å². The topological polar surface area (TPSA) is 47.3 Å². The van der Waals surface area contributed by atoms with Gasteiger partial charge in [0.1, 0.15) is 11.5 Å². The largest absolute Gasteiger partial charge is 0.299 e. The molecule has 0 N–H and O–H groups in total. The van der Waals surface area contributed by atoms with Crippen molar-refractivity contribution in [2.24, 2.45) is 0 Å². The van der Waals surface area contributed by atoms with Crippen LogP contribution in [0.15, 0.2) is 47.3 Å². The highest BCUT2D eigenvalue weighted by atomic mass is 79.9. The van der Waals surface area contributed by atoms with E-state index in [4.69, 9.17) is 0 Å². The molecule has 0 aliphatic heterocycles. The minimum absolute atomic E-state index is 0.426. The summed E-state index contributed by atoms with van der Waals surface area (Å²) < 4.78 is 2.79. The maximum atomic E-state index is 11.1. The molecule has 0 aliphatic rings. The molecule has 5 heteroatoms. The summed E-state index contributed by atoms with van der Waals surface area (Å²) >= 11 is 3.39. The van der Waals surface area contributed by atoms with E-state index in [-0.39, 0.29) is 0 Å². The van der Waals surface area contributed by atoms with Crippen molar-refractivity contribution in [3.63, 3.8) is 0 Å². The van der Waals surface area contributed by atoms with Crippen LogP contribution in [0.4, 0.5) is 0 Å². The van der Waals surface area contributed by atoms with Gasteiger partial charge in [-0.05, 0) is 24.3 Å². The monoisotopic (exact) mass is 301 g/mol. The molecule has 3 aromatic heterocycles. The predicted octanol–water partition coefficient (Wildman–Crippen LogP) is 2.97. The molecule has 0 saturated heterocycles. The summed E-state index contributed by atoms with van der Waals surface area (Å²) in [5.41, 5.74) is 2.08. The lowest BCUT2D eigenvalue weighted by atomic mass is 10.3. The third kappa shape index (κ3) is 1.73. The van der Waals surface area contributed by atoms with Gasteiger partial charge >= 0.3 is 0 Å². The zero-order chi connectivity index (χ0) is 12.5. The van der Waals surface area contributed by atoms with Crippen LogP contribution in [0.5, 0.6) is 0 Å². The molecular formula is C13H8BrN3O. The Bertz CT molecular complexity index is 722. The van der Waals surface area contributed by atoms with Crippen LogP contribution in [0.1, 0.15) is 10.5 Å². The number of carbonyl (C=O) groups is 1. The van der Waals surface area contributed by atoms with Crippen molar-refractivity contribution < 1.29 is 4.79 Å². The van der Waals surface area contributed by atoms with E-state index in [2.05, 4.69) is 25.9 Å². The van der Waals surface area contributed by atoms with Crippen LogP contribution in [0, 0.1) is 0 Å². The normalized spacial score (nSPS) is 10.7. The van der Waals surface area contributed by atoms with Crippen molar-refractivity contribution in [1.82, 2.24) is 14.4 Å². The third-order valence-electron chi connectivity index (χ3n) is 2.67. The molecule has 0 spiro atoms. The molecule has 88 valence electrons. The van der Waals surface area contributed by atoms with Crippen molar-refractivity contribution in [3.05, 3.63) is 53.0 Å². The van der Waals surface area contributed by atoms with E-state index in [1.54, 1.807) is 12.4 Å².